The second kappa shape index (κ2) is 4.65. The average molecular weight is 195 g/mol. The van der Waals surface area contributed by atoms with Gasteiger partial charge in [-0.15, -0.1) is 0 Å². The minimum absolute atomic E-state index is 0.830. The highest BCUT2D eigenvalue weighted by Crippen LogP contribution is 2.30. The first-order valence-corrected chi connectivity index (χ1v) is 6.50. The van der Waals surface area contributed by atoms with Crippen LogP contribution in [-0.4, -0.2) is 12.1 Å². The van der Waals surface area contributed by atoms with E-state index in [1.54, 1.807) is 0 Å². The lowest BCUT2D eigenvalue weighted by atomic mass is 9.80. The van der Waals surface area contributed by atoms with Gasteiger partial charge in [0.25, 0.3) is 0 Å². The number of hydrogen-bond acceptors (Lipinski definition) is 1. The molecule has 1 N–H and O–H groups in total. The highest BCUT2D eigenvalue weighted by Gasteiger charge is 2.26. The summed E-state index contributed by atoms with van der Waals surface area (Å²) < 4.78 is 0. The topological polar surface area (TPSA) is 12.0 Å². The highest BCUT2D eigenvalue weighted by molar-refractivity contribution is 4.84. The molecule has 0 amide bonds. The maximum Gasteiger partial charge on any atom is 0.00747 e. The van der Waals surface area contributed by atoms with E-state index in [9.17, 15) is 0 Å². The van der Waals surface area contributed by atoms with Gasteiger partial charge in [0.15, 0.2) is 0 Å². The summed E-state index contributed by atoms with van der Waals surface area (Å²) in [5, 5.41) is 3.88. The first-order valence-electron chi connectivity index (χ1n) is 6.50. The van der Waals surface area contributed by atoms with Crippen LogP contribution in [0.3, 0.4) is 0 Å². The van der Waals surface area contributed by atoms with Crippen LogP contribution in [0, 0.1) is 11.8 Å². The van der Waals surface area contributed by atoms with Crippen LogP contribution in [-0.2, 0) is 0 Å². The Morgan fingerprint density at radius 1 is 0.786 bits per heavy atom. The normalized spacial score (nSPS) is 40.3. The second-order valence-corrected chi connectivity index (χ2v) is 5.76. The Hall–Kier alpha value is -0.0400. The van der Waals surface area contributed by atoms with Crippen LogP contribution in [0.2, 0.25) is 0 Å². The number of rotatable bonds is 2. The van der Waals surface area contributed by atoms with Gasteiger partial charge in [-0.1, -0.05) is 26.7 Å². The number of hydrogen-bond donors (Lipinski definition) is 1. The molecular weight excluding hydrogens is 170 g/mol. The van der Waals surface area contributed by atoms with E-state index in [1.165, 1.54) is 44.9 Å². The van der Waals surface area contributed by atoms with Crippen molar-refractivity contribution in [2.24, 2.45) is 11.8 Å². The lowest BCUT2D eigenvalue weighted by molar-refractivity contribution is 0.225. The summed E-state index contributed by atoms with van der Waals surface area (Å²) in [5.41, 5.74) is 0. The summed E-state index contributed by atoms with van der Waals surface area (Å²) in [6.07, 6.45) is 10.0. The zero-order chi connectivity index (χ0) is 9.97. The number of nitrogens with one attached hydrogen (secondary N) is 1. The summed E-state index contributed by atoms with van der Waals surface area (Å²) in [7, 11) is 0. The van der Waals surface area contributed by atoms with Gasteiger partial charge in [-0.2, -0.15) is 0 Å². The smallest absolute Gasteiger partial charge is 0.00747 e. The van der Waals surface area contributed by atoms with Crippen LogP contribution in [0.25, 0.3) is 0 Å². The maximum absolute atomic E-state index is 3.88. The van der Waals surface area contributed by atoms with E-state index in [0.29, 0.717) is 0 Å². The van der Waals surface area contributed by atoms with Gasteiger partial charge in [0.05, 0.1) is 0 Å². The third kappa shape index (κ3) is 2.73. The lowest BCUT2D eigenvalue weighted by Gasteiger charge is -2.33. The summed E-state index contributed by atoms with van der Waals surface area (Å²) in [6.45, 7) is 4.83. The Morgan fingerprint density at radius 3 is 1.93 bits per heavy atom. The van der Waals surface area contributed by atoms with Crippen molar-refractivity contribution < 1.29 is 0 Å². The molecule has 1 heteroatoms. The fraction of sp³-hybridized carbons (Fsp3) is 1.00. The molecule has 82 valence electrons. The molecule has 0 aliphatic heterocycles. The van der Waals surface area contributed by atoms with E-state index in [0.717, 1.165) is 23.9 Å². The maximum atomic E-state index is 3.88. The zero-order valence-corrected chi connectivity index (χ0v) is 9.76. The standard InChI is InChI=1S/C13H25N/c1-10-7-11(2)9-13(8-10)14-12-5-3-4-6-12/h10-14H,3-9H2,1-2H3. The molecule has 0 saturated heterocycles. The van der Waals surface area contributed by atoms with Gasteiger partial charge in [-0.05, 0) is 43.9 Å². The molecule has 0 aromatic carbocycles. The van der Waals surface area contributed by atoms with Crippen molar-refractivity contribution in [1.29, 1.82) is 0 Å². The monoisotopic (exact) mass is 195 g/mol. The molecule has 0 bridgehead atoms. The van der Waals surface area contributed by atoms with E-state index >= 15 is 0 Å². The first-order chi connectivity index (χ1) is 6.74. The average Bonchev–Trinajstić information content (AvgIpc) is 2.54. The molecule has 0 radical (unpaired) electrons. The fourth-order valence-electron chi connectivity index (χ4n) is 3.51. The summed E-state index contributed by atoms with van der Waals surface area (Å²) in [4.78, 5) is 0. The van der Waals surface area contributed by atoms with Gasteiger partial charge in [-0.25, -0.2) is 0 Å². The van der Waals surface area contributed by atoms with Crippen molar-refractivity contribution in [3.8, 4) is 0 Å². The van der Waals surface area contributed by atoms with Crippen LogP contribution < -0.4 is 5.32 Å². The Labute approximate surface area is 88.7 Å². The van der Waals surface area contributed by atoms with Crippen LogP contribution >= 0.6 is 0 Å². The van der Waals surface area contributed by atoms with Gasteiger partial charge in [0.2, 0.25) is 0 Å². The van der Waals surface area contributed by atoms with Crippen LogP contribution in [0.5, 0.6) is 0 Å². The van der Waals surface area contributed by atoms with E-state index < -0.39 is 0 Å². The van der Waals surface area contributed by atoms with Crippen LogP contribution in [0.1, 0.15) is 58.8 Å². The predicted molar refractivity (Wildman–Crippen MR) is 61.4 cm³/mol. The molecule has 2 fully saturated rings. The SMILES string of the molecule is CC1CC(C)CC(NC2CCCC2)C1. The first kappa shape index (κ1) is 10.5. The van der Waals surface area contributed by atoms with Gasteiger partial charge in [-0.3, -0.25) is 0 Å². The predicted octanol–water partition coefficient (Wildman–Crippen LogP) is 3.34. The summed E-state index contributed by atoms with van der Waals surface area (Å²) in [6, 6.07) is 1.69. The third-order valence-electron chi connectivity index (χ3n) is 4.01. The molecule has 2 aliphatic rings. The molecular formula is C13H25N. The quantitative estimate of drug-likeness (QED) is 0.712. The molecule has 2 saturated carbocycles. The second-order valence-electron chi connectivity index (χ2n) is 5.76. The van der Waals surface area contributed by atoms with E-state index in [1.807, 2.05) is 0 Å². The molecule has 2 aliphatic carbocycles. The molecule has 0 aromatic rings. The van der Waals surface area contributed by atoms with E-state index in [-0.39, 0.29) is 0 Å². The van der Waals surface area contributed by atoms with Crippen molar-refractivity contribution in [3.05, 3.63) is 0 Å². The molecule has 0 spiro atoms. The van der Waals surface area contributed by atoms with Crippen molar-refractivity contribution in [2.45, 2.75) is 70.9 Å². The van der Waals surface area contributed by atoms with Crippen molar-refractivity contribution >= 4 is 0 Å². The Kier molecular flexibility index (Phi) is 3.48. The Balaban J connectivity index is 1.78. The summed E-state index contributed by atoms with van der Waals surface area (Å²) >= 11 is 0. The minimum atomic E-state index is 0.830. The Morgan fingerprint density at radius 2 is 1.36 bits per heavy atom. The molecule has 0 heterocycles. The molecule has 2 rings (SSSR count). The zero-order valence-electron chi connectivity index (χ0n) is 9.76. The molecule has 1 nitrogen and oxygen atoms in total. The minimum Gasteiger partial charge on any atom is -0.311 e. The van der Waals surface area contributed by atoms with Gasteiger partial charge in [0, 0.05) is 12.1 Å². The molecule has 0 aromatic heterocycles. The van der Waals surface area contributed by atoms with Crippen molar-refractivity contribution in [1.82, 2.24) is 5.32 Å². The van der Waals surface area contributed by atoms with Gasteiger partial charge >= 0.3 is 0 Å². The van der Waals surface area contributed by atoms with Gasteiger partial charge < -0.3 is 5.32 Å². The Bertz CT molecular complexity index is 162. The fourth-order valence-corrected chi connectivity index (χ4v) is 3.51. The van der Waals surface area contributed by atoms with Crippen molar-refractivity contribution in [3.63, 3.8) is 0 Å². The molecule has 14 heavy (non-hydrogen) atoms. The molecule has 2 atom stereocenters. The molecule has 2 unspecified atom stereocenters. The van der Waals surface area contributed by atoms with Crippen LogP contribution in [0.4, 0.5) is 0 Å². The van der Waals surface area contributed by atoms with E-state index in [2.05, 4.69) is 19.2 Å². The lowest BCUT2D eigenvalue weighted by Crippen LogP contribution is -2.41. The largest absolute Gasteiger partial charge is 0.311 e. The van der Waals surface area contributed by atoms with Crippen molar-refractivity contribution in [2.75, 3.05) is 0 Å². The van der Waals surface area contributed by atoms with Crippen LogP contribution in [0.15, 0.2) is 0 Å². The third-order valence-corrected chi connectivity index (χ3v) is 4.01. The van der Waals surface area contributed by atoms with Gasteiger partial charge in [0.1, 0.15) is 0 Å². The summed E-state index contributed by atoms with van der Waals surface area (Å²) in [5.74, 6) is 1.88. The highest BCUT2D eigenvalue weighted by atomic mass is 15.0. The van der Waals surface area contributed by atoms with E-state index in [4.69, 9.17) is 0 Å².